The number of hydrogen-bond acceptors (Lipinski definition) is 5. The number of benzene rings is 3. The zero-order valence-corrected chi connectivity index (χ0v) is 19.9. The minimum atomic E-state index is -4.94. The van der Waals surface area contributed by atoms with Crippen molar-refractivity contribution in [2.45, 2.75) is 36.4 Å². The van der Waals surface area contributed by atoms with Gasteiger partial charge in [-0.2, -0.15) is 13.2 Å². The number of sulfonamides is 1. The van der Waals surface area contributed by atoms with Crippen LogP contribution in [0.2, 0.25) is 0 Å². The lowest BCUT2D eigenvalue weighted by atomic mass is 9.87. The second-order valence-electron chi connectivity index (χ2n) is 8.28. The molecule has 12 heteroatoms. The Kier molecular flexibility index (Phi) is 7.42. The smallest absolute Gasteiger partial charge is 0.420 e. The second-order valence-corrected chi connectivity index (χ2v) is 10.00. The van der Waals surface area contributed by atoms with Gasteiger partial charge in [0.15, 0.2) is 6.61 Å². The van der Waals surface area contributed by atoms with Crippen LogP contribution in [0.15, 0.2) is 65.6 Å². The molecule has 3 aromatic rings. The van der Waals surface area contributed by atoms with E-state index in [1.165, 1.54) is 0 Å². The number of carboxylic acids is 1. The van der Waals surface area contributed by atoms with E-state index in [9.17, 15) is 30.8 Å². The van der Waals surface area contributed by atoms with E-state index >= 15 is 0 Å². The van der Waals surface area contributed by atoms with Crippen molar-refractivity contribution in [3.63, 3.8) is 0 Å². The summed E-state index contributed by atoms with van der Waals surface area (Å²) in [6.07, 6.45) is -3.48. The third-order valence-electron chi connectivity index (χ3n) is 5.72. The molecule has 196 valence electrons. The number of carboxylic acid groups (broad SMARTS) is 1. The highest BCUT2D eigenvalue weighted by molar-refractivity contribution is 7.89. The number of fused-ring (bicyclic) bond motifs is 1. The molecular weight excluding hydrogens is 518 g/mol. The van der Waals surface area contributed by atoms with Crippen molar-refractivity contribution in [2.24, 2.45) is 0 Å². The van der Waals surface area contributed by atoms with Gasteiger partial charge in [0.2, 0.25) is 10.0 Å². The summed E-state index contributed by atoms with van der Waals surface area (Å²) in [7, 11) is -4.41. The van der Waals surface area contributed by atoms with Gasteiger partial charge in [-0.05, 0) is 78.9 Å². The lowest BCUT2D eigenvalue weighted by Gasteiger charge is -2.28. The van der Waals surface area contributed by atoms with E-state index in [4.69, 9.17) is 14.6 Å². The second kappa shape index (κ2) is 10.4. The molecular formula is C25H21F4NO6S. The van der Waals surface area contributed by atoms with Crippen molar-refractivity contribution in [1.82, 2.24) is 4.72 Å². The fourth-order valence-electron chi connectivity index (χ4n) is 4.08. The van der Waals surface area contributed by atoms with Gasteiger partial charge in [0.1, 0.15) is 23.1 Å². The van der Waals surface area contributed by atoms with E-state index in [1.54, 1.807) is 18.2 Å². The fraction of sp³-hybridized carbons (Fsp3) is 0.240. The highest BCUT2D eigenvalue weighted by Gasteiger charge is 2.37. The first-order valence-corrected chi connectivity index (χ1v) is 12.6. The number of carbonyl (C=O) groups is 1. The highest BCUT2D eigenvalue weighted by atomic mass is 32.2. The lowest BCUT2D eigenvalue weighted by molar-refractivity contribution is -0.140. The molecule has 0 radical (unpaired) electrons. The predicted octanol–water partition coefficient (Wildman–Crippen LogP) is 5.46. The molecule has 2 N–H and O–H groups in total. The van der Waals surface area contributed by atoms with Gasteiger partial charge >= 0.3 is 12.1 Å². The first-order chi connectivity index (χ1) is 17.4. The standard InChI is InChI=1S/C25H21F4NO6S/c26-15-7-9-16(10-8-15)36-23-12-11-17(13-20(23)25(27,28)29)37(33,34)30-21-5-1-4-19-18(21)3-2-6-22(19)35-14-24(31)32/h2-3,6-13,21,30H,1,4-5,14H2,(H,31,32)/t21-/m1/s1. The topological polar surface area (TPSA) is 102 Å². The van der Waals surface area contributed by atoms with E-state index in [2.05, 4.69) is 4.72 Å². The molecule has 0 heterocycles. The number of nitrogens with one attached hydrogen (secondary N) is 1. The fourth-order valence-corrected chi connectivity index (χ4v) is 5.36. The molecule has 37 heavy (non-hydrogen) atoms. The third-order valence-corrected chi connectivity index (χ3v) is 7.19. The Balaban J connectivity index is 1.63. The maximum Gasteiger partial charge on any atom is 0.420 e. The Morgan fingerprint density at radius 2 is 1.78 bits per heavy atom. The van der Waals surface area contributed by atoms with Crippen LogP contribution in [0.25, 0.3) is 0 Å². The van der Waals surface area contributed by atoms with E-state index < -0.39 is 56.8 Å². The van der Waals surface area contributed by atoms with Gasteiger partial charge in [-0.3, -0.25) is 0 Å². The van der Waals surface area contributed by atoms with Crippen LogP contribution >= 0.6 is 0 Å². The average molecular weight is 540 g/mol. The number of alkyl halides is 3. The Hall–Kier alpha value is -3.64. The van der Waals surface area contributed by atoms with Crippen molar-refractivity contribution in [3.05, 3.63) is 83.2 Å². The number of halogens is 4. The van der Waals surface area contributed by atoms with E-state index in [0.29, 0.717) is 42.2 Å². The van der Waals surface area contributed by atoms with Gasteiger partial charge in [0.25, 0.3) is 0 Å². The van der Waals surface area contributed by atoms with Crippen LogP contribution < -0.4 is 14.2 Å². The van der Waals surface area contributed by atoms with Gasteiger partial charge in [-0.15, -0.1) is 0 Å². The maximum atomic E-state index is 13.8. The molecule has 7 nitrogen and oxygen atoms in total. The Morgan fingerprint density at radius 3 is 2.46 bits per heavy atom. The number of rotatable bonds is 8. The molecule has 0 unspecified atom stereocenters. The molecule has 3 aromatic carbocycles. The van der Waals surface area contributed by atoms with E-state index in [0.717, 1.165) is 36.4 Å². The number of aliphatic carboxylic acids is 1. The maximum absolute atomic E-state index is 13.8. The number of ether oxygens (including phenoxy) is 2. The van der Waals surface area contributed by atoms with E-state index in [-0.39, 0.29) is 5.75 Å². The van der Waals surface area contributed by atoms with Gasteiger partial charge in [-0.1, -0.05) is 12.1 Å². The molecule has 1 aliphatic carbocycles. The van der Waals surface area contributed by atoms with Gasteiger partial charge in [0, 0.05) is 6.04 Å². The van der Waals surface area contributed by atoms with Crippen molar-refractivity contribution in [1.29, 1.82) is 0 Å². The Bertz CT molecular complexity index is 1410. The Labute approximate surface area is 209 Å². The molecule has 0 amide bonds. The van der Waals surface area contributed by atoms with Gasteiger partial charge in [0.05, 0.1) is 10.5 Å². The average Bonchev–Trinajstić information content (AvgIpc) is 2.83. The summed E-state index contributed by atoms with van der Waals surface area (Å²) in [5, 5.41) is 8.88. The van der Waals surface area contributed by atoms with Crippen LogP contribution in [-0.2, 0) is 27.4 Å². The summed E-state index contributed by atoms with van der Waals surface area (Å²) in [5.41, 5.74) is -0.111. The van der Waals surface area contributed by atoms with Crippen LogP contribution in [0.4, 0.5) is 17.6 Å². The SMILES string of the molecule is O=C(O)COc1cccc2c1CCC[C@H]2NS(=O)(=O)c1ccc(Oc2ccc(F)cc2)c(C(F)(F)F)c1. The van der Waals surface area contributed by atoms with Crippen molar-refractivity contribution in [3.8, 4) is 17.2 Å². The van der Waals surface area contributed by atoms with Crippen molar-refractivity contribution < 1.29 is 45.4 Å². The van der Waals surface area contributed by atoms with Crippen LogP contribution in [0, 0.1) is 5.82 Å². The molecule has 0 spiro atoms. The highest BCUT2D eigenvalue weighted by Crippen LogP contribution is 2.40. The minimum absolute atomic E-state index is 0.0552. The van der Waals surface area contributed by atoms with E-state index in [1.807, 2.05) is 0 Å². The lowest BCUT2D eigenvalue weighted by Crippen LogP contribution is -2.31. The molecule has 0 saturated heterocycles. The zero-order chi connectivity index (χ0) is 26.8. The van der Waals surface area contributed by atoms with Crippen LogP contribution in [-0.4, -0.2) is 26.1 Å². The minimum Gasteiger partial charge on any atom is -0.482 e. The first-order valence-electron chi connectivity index (χ1n) is 11.1. The molecule has 0 aliphatic heterocycles. The van der Waals surface area contributed by atoms with Crippen molar-refractivity contribution in [2.75, 3.05) is 6.61 Å². The third kappa shape index (κ3) is 6.20. The summed E-state index contributed by atoms with van der Waals surface area (Å²) in [6, 6.07) is 10.8. The zero-order valence-electron chi connectivity index (χ0n) is 19.1. The molecule has 0 aromatic heterocycles. The summed E-state index contributed by atoms with van der Waals surface area (Å²) in [5.74, 6) is -2.15. The van der Waals surface area contributed by atoms with Gasteiger partial charge < -0.3 is 14.6 Å². The normalized spacial score (nSPS) is 15.6. The summed E-state index contributed by atoms with van der Waals surface area (Å²) >= 11 is 0. The van der Waals surface area contributed by atoms with Crippen molar-refractivity contribution >= 4 is 16.0 Å². The summed E-state index contributed by atoms with van der Waals surface area (Å²) in [6.45, 7) is -0.570. The molecule has 0 fully saturated rings. The molecule has 1 atom stereocenters. The molecule has 1 aliphatic rings. The van der Waals surface area contributed by atoms with Gasteiger partial charge in [-0.25, -0.2) is 22.3 Å². The van der Waals surface area contributed by atoms with Crippen LogP contribution in [0.1, 0.15) is 35.6 Å². The van der Waals surface area contributed by atoms with Crippen LogP contribution in [0.3, 0.4) is 0 Å². The predicted molar refractivity (Wildman–Crippen MR) is 123 cm³/mol. The molecule has 4 rings (SSSR count). The monoisotopic (exact) mass is 539 g/mol. The number of hydrogen-bond donors (Lipinski definition) is 2. The Morgan fingerprint density at radius 1 is 1.05 bits per heavy atom. The van der Waals surface area contributed by atoms with Crippen LogP contribution in [0.5, 0.6) is 17.2 Å². The quantitative estimate of drug-likeness (QED) is 0.369. The first kappa shape index (κ1) is 26.4. The molecule has 0 saturated carbocycles. The summed E-state index contributed by atoms with van der Waals surface area (Å²) in [4.78, 5) is 10.3. The largest absolute Gasteiger partial charge is 0.482 e. The summed E-state index contributed by atoms with van der Waals surface area (Å²) < 4.78 is 93.8. The molecule has 0 bridgehead atoms.